The second-order valence-corrected chi connectivity index (χ2v) is 16.1. The Hall–Kier alpha value is -6.59. The lowest BCUT2D eigenvalue weighted by atomic mass is 9.91. The molecule has 1 aliphatic carbocycles. The highest BCUT2D eigenvalue weighted by Gasteiger charge is 2.44. The predicted molar refractivity (Wildman–Crippen MR) is 231 cm³/mol. The number of methoxy groups -OCH3 is 1. The third-order valence-electron chi connectivity index (χ3n) is 12.1. The molecule has 0 unspecified atom stereocenters. The lowest BCUT2D eigenvalue weighted by molar-refractivity contribution is -0.122. The van der Waals surface area contributed by atoms with E-state index >= 15 is 0 Å². The third-order valence-corrected chi connectivity index (χ3v) is 12.1. The maximum absolute atomic E-state index is 13.3. The van der Waals surface area contributed by atoms with Crippen LogP contribution in [0, 0.1) is 0 Å². The minimum absolute atomic E-state index is 0.0220. The van der Waals surface area contributed by atoms with Gasteiger partial charge in [0.25, 0.3) is 5.91 Å². The fourth-order valence-electron chi connectivity index (χ4n) is 8.73. The average Bonchev–Trinajstić information content (AvgIpc) is 4.12. The van der Waals surface area contributed by atoms with E-state index in [1.54, 1.807) is 47.0 Å². The molecular formula is C45H52N10O7. The molecule has 5 aromatic rings. The van der Waals surface area contributed by atoms with E-state index in [9.17, 15) is 29.4 Å². The molecule has 324 valence electrons. The van der Waals surface area contributed by atoms with E-state index in [2.05, 4.69) is 45.5 Å². The van der Waals surface area contributed by atoms with Gasteiger partial charge in [-0.25, -0.2) is 14.6 Å². The molecule has 4 amide bonds. The molecular weight excluding hydrogens is 793 g/mol. The van der Waals surface area contributed by atoms with Gasteiger partial charge >= 0.3 is 12.0 Å². The van der Waals surface area contributed by atoms with Crippen molar-refractivity contribution in [3.63, 3.8) is 0 Å². The van der Waals surface area contributed by atoms with E-state index in [4.69, 9.17) is 19.7 Å². The van der Waals surface area contributed by atoms with Crippen molar-refractivity contribution in [3.8, 4) is 0 Å². The van der Waals surface area contributed by atoms with Gasteiger partial charge in [0.15, 0.2) is 17.0 Å². The van der Waals surface area contributed by atoms with Crippen molar-refractivity contribution >= 4 is 46.7 Å². The number of amides is 4. The molecule has 6 N–H and O–H groups in total. The number of imidazole rings is 1. The van der Waals surface area contributed by atoms with E-state index in [0.29, 0.717) is 79.6 Å². The van der Waals surface area contributed by atoms with Gasteiger partial charge < -0.3 is 50.6 Å². The van der Waals surface area contributed by atoms with Crippen LogP contribution in [0.15, 0.2) is 91.3 Å². The zero-order valence-electron chi connectivity index (χ0n) is 34.7. The molecule has 17 heteroatoms. The maximum atomic E-state index is 13.3. The fraction of sp³-hybridized carbons (Fsp3) is 0.400. The van der Waals surface area contributed by atoms with Gasteiger partial charge in [-0.05, 0) is 54.7 Å². The van der Waals surface area contributed by atoms with Crippen LogP contribution >= 0.6 is 0 Å². The van der Waals surface area contributed by atoms with Gasteiger partial charge in [0.2, 0.25) is 11.9 Å². The SMILES string of the molecule is CCC(=O)N[C@H]1C[C@@H](n2cnc3c(NCC(c4ccccc4)c4ccccc4)nc(N4CC[C@@H](NC(=O)N[C@@H]5CCN(C(=O)c6ccc(C(=O)OC)cc6)C5)C4)nc32)[C@H](O)[C@@H]1O. The van der Waals surface area contributed by atoms with Gasteiger partial charge in [-0.15, -0.1) is 0 Å². The molecule has 3 fully saturated rings. The first-order chi connectivity index (χ1) is 30.1. The number of carbonyl (C=O) groups is 4. The largest absolute Gasteiger partial charge is 0.465 e. The molecule has 2 aliphatic heterocycles. The Morgan fingerprint density at radius 3 is 2.11 bits per heavy atom. The van der Waals surface area contributed by atoms with Crippen LogP contribution < -0.4 is 26.2 Å². The number of aliphatic hydroxyl groups is 2. The Morgan fingerprint density at radius 2 is 1.45 bits per heavy atom. The number of urea groups is 1. The minimum atomic E-state index is -1.19. The normalized spacial score (nSPS) is 22.2. The topological polar surface area (TPSA) is 216 Å². The second kappa shape index (κ2) is 18.6. The van der Waals surface area contributed by atoms with Crippen LogP contribution in [-0.2, 0) is 9.53 Å². The van der Waals surface area contributed by atoms with Crippen LogP contribution in [0.4, 0.5) is 16.6 Å². The molecule has 3 aromatic carbocycles. The summed E-state index contributed by atoms with van der Waals surface area (Å²) >= 11 is 0. The number of aliphatic hydroxyl groups excluding tert-OH is 2. The van der Waals surface area contributed by atoms with E-state index in [1.807, 2.05) is 41.3 Å². The summed E-state index contributed by atoms with van der Waals surface area (Å²) in [6.45, 7) is 4.03. The lowest BCUT2D eigenvalue weighted by Gasteiger charge is -2.22. The van der Waals surface area contributed by atoms with Crippen LogP contribution in [0.5, 0.6) is 0 Å². The first-order valence-corrected chi connectivity index (χ1v) is 21.1. The molecule has 1 saturated carbocycles. The number of nitrogens with one attached hydrogen (secondary N) is 4. The van der Waals surface area contributed by atoms with Crippen molar-refractivity contribution in [2.45, 2.75) is 74.9 Å². The number of benzene rings is 3. The van der Waals surface area contributed by atoms with Crippen LogP contribution in [0.2, 0.25) is 0 Å². The molecule has 62 heavy (non-hydrogen) atoms. The first-order valence-electron chi connectivity index (χ1n) is 21.1. The van der Waals surface area contributed by atoms with Crippen molar-refractivity contribution in [1.29, 1.82) is 0 Å². The Balaban J connectivity index is 0.979. The van der Waals surface area contributed by atoms with Crippen LogP contribution in [0.1, 0.15) is 76.4 Å². The highest BCUT2D eigenvalue weighted by molar-refractivity contribution is 5.96. The van der Waals surface area contributed by atoms with Gasteiger partial charge in [-0.3, -0.25) is 9.59 Å². The lowest BCUT2D eigenvalue weighted by Crippen LogP contribution is -2.48. The number of carbonyl (C=O) groups excluding carboxylic acids is 4. The first kappa shape index (κ1) is 42.1. The molecule has 2 aromatic heterocycles. The molecule has 0 spiro atoms. The van der Waals surface area contributed by atoms with Crippen molar-refractivity contribution < 1.29 is 34.1 Å². The van der Waals surface area contributed by atoms with Crippen LogP contribution in [0.3, 0.4) is 0 Å². The van der Waals surface area contributed by atoms with E-state index in [0.717, 1.165) is 11.1 Å². The molecule has 0 radical (unpaired) electrons. The van der Waals surface area contributed by atoms with Crippen molar-refractivity contribution in [1.82, 2.24) is 40.4 Å². The quantitative estimate of drug-likeness (QED) is 0.0943. The Kier molecular flexibility index (Phi) is 12.6. The number of nitrogens with zero attached hydrogens (tertiary/aromatic N) is 6. The highest BCUT2D eigenvalue weighted by atomic mass is 16.5. The summed E-state index contributed by atoms with van der Waals surface area (Å²) in [7, 11) is 1.30. The standard InChI is InChI=1S/C45H52N10O7/c1-3-36(56)50-34-22-35(39(58)38(34)57)55-26-47-37-40(46-23-33(27-10-6-4-7-11-27)28-12-8-5-9-13-28)51-44(52-41(37)55)54-21-19-32(25-54)49-45(61)48-31-18-20-53(24-31)42(59)29-14-16-30(17-15-29)43(60)62-2/h4-17,26,31-35,38-39,57-58H,3,18-25H2,1-2H3,(H,50,56)(H,46,51,52)(H2,48,49,61)/t31-,32-,34+,35-,38-,39+/m1/s1. The zero-order chi connectivity index (χ0) is 43.3. The van der Waals surface area contributed by atoms with Gasteiger partial charge in [0.05, 0.1) is 31.1 Å². The van der Waals surface area contributed by atoms with Gasteiger partial charge in [-0.1, -0.05) is 67.6 Å². The maximum Gasteiger partial charge on any atom is 0.337 e. The molecule has 4 heterocycles. The van der Waals surface area contributed by atoms with Crippen LogP contribution in [-0.4, -0.2) is 129 Å². The number of esters is 1. The van der Waals surface area contributed by atoms with Gasteiger partial charge in [0, 0.05) is 62.7 Å². The number of anilines is 2. The van der Waals surface area contributed by atoms with E-state index < -0.39 is 30.3 Å². The van der Waals surface area contributed by atoms with Crippen molar-refractivity contribution in [2.75, 3.05) is 50.1 Å². The number of hydrogen-bond acceptors (Lipinski definition) is 12. The summed E-state index contributed by atoms with van der Waals surface area (Å²) in [6, 6.07) is 24.7. The van der Waals surface area contributed by atoms with Gasteiger partial charge in [-0.2, -0.15) is 9.97 Å². The number of hydrogen-bond donors (Lipinski definition) is 6. The summed E-state index contributed by atoms with van der Waals surface area (Å²) < 4.78 is 6.50. The highest BCUT2D eigenvalue weighted by Crippen LogP contribution is 2.36. The summed E-state index contributed by atoms with van der Waals surface area (Å²) in [4.78, 5) is 69.0. The number of likely N-dealkylation sites (tertiary alicyclic amines) is 1. The minimum Gasteiger partial charge on any atom is -0.465 e. The fourth-order valence-corrected chi connectivity index (χ4v) is 8.73. The summed E-state index contributed by atoms with van der Waals surface area (Å²) in [5.74, 6) is 0.0191. The third kappa shape index (κ3) is 9.04. The summed E-state index contributed by atoms with van der Waals surface area (Å²) in [5.41, 5.74) is 4.01. The summed E-state index contributed by atoms with van der Waals surface area (Å²) in [5, 5.41) is 34.8. The molecule has 17 nitrogen and oxygen atoms in total. The number of aromatic nitrogens is 4. The number of rotatable bonds is 13. The van der Waals surface area contributed by atoms with Crippen molar-refractivity contribution in [2.24, 2.45) is 0 Å². The zero-order valence-corrected chi connectivity index (χ0v) is 34.7. The van der Waals surface area contributed by atoms with Crippen molar-refractivity contribution in [3.05, 3.63) is 114 Å². The monoisotopic (exact) mass is 844 g/mol. The molecule has 3 aliphatic rings. The Morgan fingerprint density at radius 1 is 0.806 bits per heavy atom. The molecule has 8 rings (SSSR count). The summed E-state index contributed by atoms with van der Waals surface area (Å²) in [6.07, 6.45) is 0.983. The molecule has 2 saturated heterocycles. The van der Waals surface area contributed by atoms with E-state index in [-0.39, 0.29) is 48.7 Å². The Bertz CT molecular complexity index is 2340. The average molecular weight is 845 g/mol. The smallest absolute Gasteiger partial charge is 0.337 e. The molecule has 6 atom stereocenters. The number of ether oxygens (including phenoxy) is 1. The van der Waals surface area contributed by atoms with E-state index in [1.165, 1.54) is 7.11 Å². The van der Waals surface area contributed by atoms with Crippen LogP contribution in [0.25, 0.3) is 11.2 Å². The second-order valence-electron chi connectivity index (χ2n) is 16.1. The predicted octanol–water partition coefficient (Wildman–Crippen LogP) is 3.21. The molecule has 0 bridgehead atoms. The Labute approximate surface area is 358 Å². The number of fused-ring (bicyclic) bond motifs is 1. The van der Waals surface area contributed by atoms with Gasteiger partial charge in [0.1, 0.15) is 12.2 Å².